The number of nitrogens with two attached hydrogens (primary N) is 2. The third-order valence-electron chi connectivity index (χ3n) is 5.79. The Labute approximate surface area is 214 Å². The molecule has 2 aromatic rings. The van der Waals surface area contributed by atoms with Crippen molar-refractivity contribution >= 4 is 35.3 Å². The van der Waals surface area contributed by atoms with Crippen LogP contribution in [0.5, 0.6) is 5.88 Å². The molecule has 194 valence electrons. The number of likely N-dealkylation sites (tertiary alicyclic amines) is 1. The van der Waals surface area contributed by atoms with Crippen LogP contribution in [0.2, 0.25) is 5.02 Å². The van der Waals surface area contributed by atoms with Gasteiger partial charge in [0.15, 0.2) is 0 Å². The maximum atomic E-state index is 12.7. The minimum atomic E-state index is -0.190. The highest BCUT2D eigenvalue weighted by Crippen LogP contribution is 2.20. The molecule has 0 aliphatic carbocycles. The molecular weight excluding hydrogens is 486 g/mol. The van der Waals surface area contributed by atoms with Crippen LogP contribution in [0.4, 0.5) is 0 Å². The molecule has 0 bridgehead atoms. The number of halogens is 1. The van der Waals surface area contributed by atoms with Crippen molar-refractivity contribution in [1.82, 2.24) is 20.5 Å². The Hall–Kier alpha value is -3.57. The number of rotatable bonds is 10. The first-order valence-electron chi connectivity index (χ1n) is 11.7. The summed E-state index contributed by atoms with van der Waals surface area (Å²) in [5.41, 5.74) is 7.20. The number of hydrazone groups is 1. The van der Waals surface area contributed by atoms with Gasteiger partial charge < -0.3 is 25.6 Å². The van der Waals surface area contributed by atoms with Crippen molar-refractivity contribution in [2.45, 2.75) is 39.2 Å². The average molecular weight is 518 g/mol. The lowest BCUT2D eigenvalue weighted by molar-refractivity contribution is -0.127. The van der Waals surface area contributed by atoms with Crippen molar-refractivity contribution < 1.29 is 19.2 Å². The van der Waals surface area contributed by atoms with Crippen LogP contribution in [0.25, 0.3) is 6.08 Å². The second kappa shape index (κ2) is 12.9. The van der Waals surface area contributed by atoms with Crippen LogP contribution in [-0.4, -0.2) is 57.6 Å². The maximum absolute atomic E-state index is 12.7. The Kier molecular flexibility index (Phi) is 9.71. The number of hydrogen-bond acceptors (Lipinski definition) is 8. The van der Waals surface area contributed by atoms with Crippen molar-refractivity contribution in [2.75, 3.05) is 19.6 Å². The first-order valence-corrected chi connectivity index (χ1v) is 12.1. The molecule has 36 heavy (non-hydrogen) atoms. The molecule has 0 radical (unpaired) electrons. The van der Waals surface area contributed by atoms with Gasteiger partial charge in [0.1, 0.15) is 11.6 Å². The van der Waals surface area contributed by atoms with Gasteiger partial charge in [0, 0.05) is 49.6 Å². The molecule has 1 fully saturated rings. The standard InChI is InChI=1S/C24H32ClN7O4/c1-16(26)29-32(27)15-19-12-20(25)4-2-18(19)3-7-24(35)31-10-8-17(9-11-31)14-28-22(33)6-5-21-13-23(34)30-36-21/h2-4,7,12-13,17H,5-6,8-11,14-15,27H2,1H3,(H2,26,29)(H,28,33)(H,30,34)/b7-3+. The predicted octanol–water partition coefficient (Wildman–Crippen LogP) is 2.00. The minimum absolute atomic E-state index is 0.0749. The van der Waals surface area contributed by atoms with E-state index in [4.69, 9.17) is 32.8 Å². The molecule has 1 aliphatic rings. The molecule has 1 saturated heterocycles. The van der Waals surface area contributed by atoms with Crippen LogP contribution in [0, 0.1) is 5.92 Å². The molecule has 0 spiro atoms. The zero-order valence-electron chi connectivity index (χ0n) is 20.2. The molecule has 2 amide bonds. The molecule has 0 saturated carbocycles. The lowest BCUT2D eigenvalue weighted by Gasteiger charge is -2.31. The largest absolute Gasteiger partial charge is 0.491 e. The summed E-state index contributed by atoms with van der Waals surface area (Å²) in [6.07, 6.45) is 5.54. The molecule has 0 atom stereocenters. The molecule has 3 rings (SSSR count). The van der Waals surface area contributed by atoms with Crippen LogP contribution in [-0.2, 0) is 22.6 Å². The van der Waals surface area contributed by atoms with Gasteiger partial charge in [-0.05, 0) is 60.2 Å². The SMILES string of the molecule is C/C(N)=N/N(N)Cc1cc(Cl)ccc1/C=C/C(=O)N1CCC(CNC(=O)CCc2cc(O)no2)CC1. The number of nitrogens with zero attached hydrogens (tertiary/aromatic N) is 4. The molecule has 1 aliphatic heterocycles. The van der Waals surface area contributed by atoms with Gasteiger partial charge in [0.05, 0.1) is 6.54 Å². The summed E-state index contributed by atoms with van der Waals surface area (Å²) in [5, 5.41) is 21.3. The number of benzene rings is 1. The van der Waals surface area contributed by atoms with Gasteiger partial charge in [-0.25, -0.2) is 11.0 Å². The summed E-state index contributed by atoms with van der Waals surface area (Å²) in [7, 11) is 0. The van der Waals surface area contributed by atoms with Crippen molar-refractivity contribution in [1.29, 1.82) is 0 Å². The quantitative estimate of drug-likeness (QED) is 0.122. The van der Waals surface area contributed by atoms with E-state index in [1.807, 2.05) is 6.07 Å². The Morgan fingerprint density at radius 2 is 2.11 bits per heavy atom. The Morgan fingerprint density at radius 1 is 1.36 bits per heavy atom. The predicted molar refractivity (Wildman–Crippen MR) is 136 cm³/mol. The maximum Gasteiger partial charge on any atom is 0.251 e. The van der Waals surface area contributed by atoms with E-state index in [-0.39, 0.29) is 30.7 Å². The monoisotopic (exact) mass is 517 g/mol. The van der Waals surface area contributed by atoms with E-state index < -0.39 is 0 Å². The lowest BCUT2D eigenvalue weighted by Crippen LogP contribution is -2.41. The van der Waals surface area contributed by atoms with E-state index in [1.54, 1.807) is 36.1 Å². The van der Waals surface area contributed by atoms with E-state index in [2.05, 4.69) is 15.6 Å². The highest BCUT2D eigenvalue weighted by Gasteiger charge is 2.22. The first-order chi connectivity index (χ1) is 17.2. The molecule has 1 aromatic heterocycles. The van der Waals surface area contributed by atoms with Crippen molar-refractivity contribution in [3.05, 3.63) is 52.3 Å². The molecule has 6 N–H and O–H groups in total. The number of carbonyl (C=O) groups is 2. The topological polar surface area (TPSA) is 163 Å². The third-order valence-corrected chi connectivity index (χ3v) is 6.02. The van der Waals surface area contributed by atoms with Crippen molar-refractivity contribution in [3.63, 3.8) is 0 Å². The number of piperidine rings is 1. The summed E-state index contributed by atoms with van der Waals surface area (Å²) in [6.45, 7) is 3.72. The van der Waals surface area contributed by atoms with E-state index in [1.165, 1.54) is 11.2 Å². The smallest absolute Gasteiger partial charge is 0.251 e. The lowest BCUT2D eigenvalue weighted by atomic mass is 9.96. The van der Waals surface area contributed by atoms with Gasteiger partial charge in [0.2, 0.25) is 11.8 Å². The van der Waals surface area contributed by atoms with E-state index in [0.29, 0.717) is 48.6 Å². The van der Waals surface area contributed by atoms with Crippen molar-refractivity contribution in [2.24, 2.45) is 22.6 Å². The second-order valence-electron chi connectivity index (χ2n) is 8.74. The average Bonchev–Trinajstić information content (AvgIpc) is 3.25. The fourth-order valence-electron chi connectivity index (χ4n) is 3.91. The van der Waals surface area contributed by atoms with Crippen LogP contribution in [0.15, 0.2) is 40.0 Å². The highest BCUT2D eigenvalue weighted by molar-refractivity contribution is 6.30. The van der Waals surface area contributed by atoms with Crippen LogP contribution in [0.3, 0.4) is 0 Å². The fourth-order valence-corrected chi connectivity index (χ4v) is 4.11. The van der Waals surface area contributed by atoms with Crippen LogP contribution >= 0.6 is 11.6 Å². The summed E-state index contributed by atoms with van der Waals surface area (Å²) >= 11 is 6.13. The molecular formula is C24H32ClN7O4. The summed E-state index contributed by atoms with van der Waals surface area (Å²) in [4.78, 5) is 26.6. The number of amides is 2. The number of aryl methyl sites for hydroxylation is 1. The third kappa shape index (κ3) is 8.58. The number of hydrazine groups is 1. The van der Waals surface area contributed by atoms with Gasteiger partial charge in [-0.2, -0.15) is 0 Å². The summed E-state index contributed by atoms with van der Waals surface area (Å²) in [5.74, 6) is 6.63. The number of amidine groups is 1. The number of aromatic hydroxyl groups is 1. The molecule has 2 heterocycles. The first kappa shape index (κ1) is 27.0. The number of aromatic nitrogens is 1. The highest BCUT2D eigenvalue weighted by atomic mass is 35.5. The number of hydrogen-bond donors (Lipinski definition) is 4. The zero-order valence-corrected chi connectivity index (χ0v) is 20.9. The summed E-state index contributed by atoms with van der Waals surface area (Å²) in [6, 6.07) is 6.76. The van der Waals surface area contributed by atoms with E-state index in [0.717, 1.165) is 24.0 Å². The van der Waals surface area contributed by atoms with Gasteiger partial charge in [-0.15, -0.1) is 5.10 Å². The zero-order chi connectivity index (χ0) is 26.1. The van der Waals surface area contributed by atoms with Gasteiger partial charge in [-0.3, -0.25) is 9.59 Å². The molecule has 12 heteroatoms. The van der Waals surface area contributed by atoms with Crippen LogP contribution < -0.4 is 16.9 Å². The normalized spacial score (nSPS) is 14.9. The molecule has 1 aromatic carbocycles. The Bertz CT molecular complexity index is 1110. The van der Waals surface area contributed by atoms with Gasteiger partial charge >= 0.3 is 0 Å². The Balaban J connectivity index is 1.44. The fraction of sp³-hybridized carbons (Fsp3) is 0.417. The van der Waals surface area contributed by atoms with E-state index >= 15 is 0 Å². The minimum Gasteiger partial charge on any atom is -0.491 e. The molecule has 0 unspecified atom stereocenters. The van der Waals surface area contributed by atoms with E-state index in [9.17, 15) is 9.59 Å². The van der Waals surface area contributed by atoms with Gasteiger partial charge in [-0.1, -0.05) is 17.7 Å². The number of carbonyl (C=O) groups excluding carboxylic acids is 2. The molecule has 11 nitrogen and oxygen atoms in total. The summed E-state index contributed by atoms with van der Waals surface area (Å²) < 4.78 is 4.89. The number of nitrogens with one attached hydrogen (secondary N) is 1. The van der Waals surface area contributed by atoms with Crippen molar-refractivity contribution in [3.8, 4) is 5.88 Å². The van der Waals surface area contributed by atoms with Gasteiger partial charge in [0.25, 0.3) is 5.88 Å². The Morgan fingerprint density at radius 3 is 2.78 bits per heavy atom. The second-order valence-corrected chi connectivity index (χ2v) is 9.18. The van der Waals surface area contributed by atoms with Crippen LogP contribution in [0.1, 0.15) is 43.1 Å².